The fourth-order valence-corrected chi connectivity index (χ4v) is 1.90. The van der Waals surface area contributed by atoms with E-state index < -0.39 is 12.1 Å². The summed E-state index contributed by atoms with van der Waals surface area (Å²) in [6.45, 7) is 3.28. The minimum absolute atomic E-state index is 0.400. The van der Waals surface area contributed by atoms with Crippen molar-refractivity contribution in [3.8, 4) is 11.1 Å². The number of hydrogen-bond donors (Lipinski definition) is 2. The van der Waals surface area contributed by atoms with Crippen LogP contribution in [0.2, 0.25) is 0 Å². The molecule has 0 heterocycles. The molecule has 20 heavy (non-hydrogen) atoms. The number of benzene rings is 2. The predicted octanol–water partition coefficient (Wildman–Crippen LogP) is 2.05. The van der Waals surface area contributed by atoms with Crippen molar-refractivity contribution in [2.45, 2.75) is 6.23 Å². The van der Waals surface area contributed by atoms with E-state index in [9.17, 15) is 9.59 Å². The number of nitrogens with one attached hydrogen (secondary N) is 1. The van der Waals surface area contributed by atoms with Gasteiger partial charge in [0.25, 0.3) is 5.91 Å². The van der Waals surface area contributed by atoms with Crippen LogP contribution in [0.25, 0.3) is 11.1 Å². The van der Waals surface area contributed by atoms with Crippen molar-refractivity contribution in [3.63, 3.8) is 0 Å². The molecular weight excluding hydrogens is 254 g/mol. The third kappa shape index (κ3) is 3.10. The Kier molecular flexibility index (Phi) is 4.27. The van der Waals surface area contributed by atoms with Crippen molar-refractivity contribution < 1.29 is 14.7 Å². The molecule has 1 amide bonds. The van der Waals surface area contributed by atoms with Gasteiger partial charge in [0, 0.05) is 11.1 Å². The standard InChI is InChI=1S/C16H14NO3/c1-11(19)17-16(20)13-8-6-12(7-9-13)15-5-3-2-4-14(15)10-18/h2-11,19H,1H2,(H,17,20). The van der Waals surface area contributed by atoms with E-state index in [1.807, 2.05) is 12.1 Å². The topological polar surface area (TPSA) is 66.4 Å². The van der Waals surface area contributed by atoms with E-state index in [0.717, 1.165) is 17.4 Å². The molecule has 0 aliphatic heterocycles. The van der Waals surface area contributed by atoms with E-state index in [2.05, 4.69) is 12.2 Å². The van der Waals surface area contributed by atoms with Gasteiger partial charge in [0.2, 0.25) is 0 Å². The molecule has 2 aromatic rings. The first-order valence-corrected chi connectivity index (χ1v) is 6.08. The Hall–Kier alpha value is -2.46. The molecule has 2 rings (SSSR count). The second kappa shape index (κ2) is 6.12. The lowest BCUT2D eigenvalue weighted by Crippen LogP contribution is -2.32. The molecule has 1 atom stereocenters. The summed E-state index contributed by atoms with van der Waals surface area (Å²) < 4.78 is 0. The smallest absolute Gasteiger partial charge is 0.253 e. The van der Waals surface area contributed by atoms with Crippen molar-refractivity contribution in [3.05, 3.63) is 66.6 Å². The van der Waals surface area contributed by atoms with Gasteiger partial charge in [0.15, 0.2) is 6.29 Å². The average molecular weight is 268 g/mol. The summed E-state index contributed by atoms with van der Waals surface area (Å²) in [5, 5.41) is 11.3. The van der Waals surface area contributed by atoms with Crippen LogP contribution in [0.3, 0.4) is 0 Å². The Bertz CT molecular complexity index is 618. The highest BCUT2D eigenvalue weighted by Gasteiger charge is 2.09. The molecule has 101 valence electrons. The number of rotatable bonds is 4. The maximum atomic E-state index is 11.7. The van der Waals surface area contributed by atoms with Crippen LogP contribution in [0, 0.1) is 6.92 Å². The highest BCUT2D eigenvalue weighted by Crippen LogP contribution is 2.22. The third-order valence-corrected chi connectivity index (χ3v) is 2.84. The van der Waals surface area contributed by atoms with Crippen molar-refractivity contribution in [2.24, 2.45) is 0 Å². The van der Waals surface area contributed by atoms with Crippen LogP contribution in [-0.4, -0.2) is 23.5 Å². The first-order valence-electron chi connectivity index (χ1n) is 6.08. The normalized spacial score (nSPS) is 11.7. The molecule has 0 fully saturated rings. The Morgan fingerprint density at radius 2 is 1.80 bits per heavy atom. The van der Waals surface area contributed by atoms with Gasteiger partial charge in [0.1, 0.15) is 6.23 Å². The van der Waals surface area contributed by atoms with Gasteiger partial charge < -0.3 is 10.4 Å². The largest absolute Gasteiger partial charge is 0.374 e. The van der Waals surface area contributed by atoms with E-state index in [4.69, 9.17) is 5.11 Å². The molecule has 1 radical (unpaired) electrons. The number of aldehydes is 1. The van der Waals surface area contributed by atoms with Crippen molar-refractivity contribution >= 4 is 12.2 Å². The zero-order valence-corrected chi connectivity index (χ0v) is 10.7. The van der Waals surface area contributed by atoms with Gasteiger partial charge >= 0.3 is 0 Å². The van der Waals surface area contributed by atoms with Gasteiger partial charge in [-0.05, 0) is 30.2 Å². The van der Waals surface area contributed by atoms with Crippen LogP contribution < -0.4 is 5.32 Å². The molecule has 0 aliphatic rings. The monoisotopic (exact) mass is 268 g/mol. The summed E-state index contributed by atoms with van der Waals surface area (Å²) in [5.74, 6) is -0.400. The van der Waals surface area contributed by atoms with Gasteiger partial charge in [0.05, 0.1) is 0 Å². The fourth-order valence-electron chi connectivity index (χ4n) is 1.90. The lowest BCUT2D eigenvalue weighted by molar-refractivity contribution is 0.0851. The lowest BCUT2D eigenvalue weighted by atomic mass is 9.99. The van der Waals surface area contributed by atoms with Crippen molar-refractivity contribution in [2.75, 3.05) is 0 Å². The Labute approximate surface area is 117 Å². The first kappa shape index (κ1) is 14.0. The molecular formula is C16H14NO3. The fraction of sp³-hybridized carbons (Fsp3) is 0.0625. The van der Waals surface area contributed by atoms with Crippen LogP contribution in [0.1, 0.15) is 20.7 Å². The molecule has 4 nitrogen and oxygen atoms in total. The van der Waals surface area contributed by atoms with Crippen molar-refractivity contribution in [1.29, 1.82) is 0 Å². The zero-order valence-electron chi connectivity index (χ0n) is 10.7. The van der Waals surface area contributed by atoms with Crippen LogP contribution >= 0.6 is 0 Å². The average Bonchev–Trinajstić information content (AvgIpc) is 2.46. The highest BCUT2D eigenvalue weighted by molar-refractivity contribution is 5.95. The Balaban J connectivity index is 2.28. The minimum atomic E-state index is -1.14. The number of aliphatic hydroxyl groups is 1. The van der Waals surface area contributed by atoms with Gasteiger partial charge in [-0.15, -0.1) is 0 Å². The molecule has 2 N–H and O–H groups in total. The second-order valence-corrected chi connectivity index (χ2v) is 4.27. The number of amides is 1. The number of hydrogen-bond acceptors (Lipinski definition) is 3. The Morgan fingerprint density at radius 1 is 1.15 bits per heavy atom. The van der Waals surface area contributed by atoms with Crippen LogP contribution in [0.15, 0.2) is 48.5 Å². The third-order valence-electron chi connectivity index (χ3n) is 2.84. The molecule has 0 aromatic heterocycles. The van der Waals surface area contributed by atoms with E-state index >= 15 is 0 Å². The zero-order chi connectivity index (χ0) is 14.5. The minimum Gasteiger partial charge on any atom is -0.374 e. The molecule has 0 saturated heterocycles. The maximum absolute atomic E-state index is 11.7. The molecule has 0 spiro atoms. The van der Waals surface area contributed by atoms with Gasteiger partial charge in [-0.2, -0.15) is 0 Å². The second-order valence-electron chi connectivity index (χ2n) is 4.27. The number of carbonyl (C=O) groups excluding carboxylic acids is 2. The van der Waals surface area contributed by atoms with Gasteiger partial charge in [-0.25, -0.2) is 0 Å². The maximum Gasteiger partial charge on any atom is 0.253 e. The summed E-state index contributed by atoms with van der Waals surface area (Å²) in [4.78, 5) is 22.7. The van der Waals surface area contributed by atoms with Crippen LogP contribution in [0.5, 0.6) is 0 Å². The first-order chi connectivity index (χ1) is 9.61. The summed E-state index contributed by atoms with van der Waals surface area (Å²) >= 11 is 0. The van der Waals surface area contributed by atoms with E-state index in [-0.39, 0.29) is 0 Å². The molecule has 4 heteroatoms. The van der Waals surface area contributed by atoms with E-state index in [1.54, 1.807) is 36.4 Å². The van der Waals surface area contributed by atoms with Crippen LogP contribution in [0.4, 0.5) is 0 Å². The SMILES string of the molecule is [CH2]C(O)NC(=O)c1ccc(-c2ccccc2C=O)cc1. The molecule has 0 aliphatic carbocycles. The molecule has 1 unspecified atom stereocenters. The number of aliphatic hydroxyl groups excluding tert-OH is 1. The predicted molar refractivity (Wildman–Crippen MR) is 76.1 cm³/mol. The summed E-state index contributed by atoms with van der Waals surface area (Å²) in [7, 11) is 0. The van der Waals surface area contributed by atoms with Crippen LogP contribution in [-0.2, 0) is 0 Å². The van der Waals surface area contributed by atoms with E-state index in [1.165, 1.54) is 0 Å². The summed E-state index contributed by atoms with van der Waals surface area (Å²) in [6.07, 6.45) is -0.340. The Morgan fingerprint density at radius 3 is 2.40 bits per heavy atom. The van der Waals surface area contributed by atoms with Gasteiger partial charge in [-0.1, -0.05) is 36.4 Å². The molecule has 2 aromatic carbocycles. The highest BCUT2D eigenvalue weighted by atomic mass is 16.3. The van der Waals surface area contributed by atoms with Crippen molar-refractivity contribution in [1.82, 2.24) is 5.32 Å². The van der Waals surface area contributed by atoms with Gasteiger partial charge in [-0.3, -0.25) is 9.59 Å². The number of carbonyl (C=O) groups is 2. The molecule has 0 saturated carbocycles. The lowest BCUT2D eigenvalue weighted by Gasteiger charge is -2.09. The summed E-state index contributed by atoms with van der Waals surface area (Å²) in [6, 6.07) is 14.0. The quantitative estimate of drug-likeness (QED) is 0.658. The molecule has 0 bridgehead atoms. The summed E-state index contributed by atoms with van der Waals surface area (Å²) in [5.41, 5.74) is 2.67. The van der Waals surface area contributed by atoms with E-state index in [0.29, 0.717) is 11.1 Å².